The van der Waals surface area contributed by atoms with Gasteiger partial charge < -0.3 is 9.90 Å². The lowest BCUT2D eigenvalue weighted by atomic mass is 10.1. The fraction of sp³-hybridized carbons (Fsp3) is 0.214. The number of thiocarbonyl (C=S) groups is 1. The normalized spacial score (nSPS) is 16.2. The highest BCUT2D eigenvalue weighted by Crippen LogP contribution is 2.34. The van der Waals surface area contributed by atoms with E-state index in [9.17, 15) is 24.8 Å². The first-order chi connectivity index (χ1) is 10.9. The van der Waals surface area contributed by atoms with Crippen LogP contribution in [0.1, 0.15) is 18.4 Å². The van der Waals surface area contributed by atoms with Crippen LogP contribution in [0.5, 0.6) is 0 Å². The summed E-state index contributed by atoms with van der Waals surface area (Å²) in [4.78, 5) is 34.8. The van der Waals surface area contributed by atoms with Crippen LogP contribution >= 0.6 is 24.0 Å². The van der Waals surface area contributed by atoms with Crippen LogP contribution in [0.3, 0.4) is 0 Å². The molecule has 0 saturated carbocycles. The first kappa shape index (κ1) is 17.1. The van der Waals surface area contributed by atoms with E-state index < -0.39 is 10.9 Å². The lowest BCUT2D eigenvalue weighted by Gasteiger charge is -2.14. The van der Waals surface area contributed by atoms with Gasteiger partial charge in [0.1, 0.15) is 4.32 Å². The van der Waals surface area contributed by atoms with E-state index in [0.717, 1.165) is 11.8 Å². The van der Waals surface area contributed by atoms with Crippen molar-refractivity contribution in [3.63, 3.8) is 0 Å². The Bertz CT molecular complexity index is 717. The van der Waals surface area contributed by atoms with E-state index in [1.807, 2.05) is 0 Å². The topological polar surface area (TPSA) is 104 Å². The third-order valence-corrected chi connectivity index (χ3v) is 4.43. The van der Waals surface area contributed by atoms with Crippen molar-refractivity contribution in [3.05, 3.63) is 44.8 Å². The number of carbonyl (C=O) groups excluding carboxylic acids is 2. The molecule has 0 atom stereocenters. The van der Waals surface area contributed by atoms with Crippen LogP contribution in [-0.4, -0.2) is 32.6 Å². The van der Waals surface area contributed by atoms with Crippen LogP contribution in [0, 0.1) is 10.1 Å². The largest absolute Gasteiger partial charge is 0.550 e. The maximum Gasteiger partial charge on any atom is 0.276 e. The Morgan fingerprint density at radius 2 is 2.09 bits per heavy atom. The average Bonchev–Trinajstić information content (AvgIpc) is 2.74. The highest BCUT2D eigenvalue weighted by molar-refractivity contribution is 8.26. The number of aliphatic carboxylic acids is 1. The van der Waals surface area contributed by atoms with Gasteiger partial charge in [-0.25, -0.2) is 0 Å². The second kappa shape index (κ2) is 7.34. The molecule has 1 aromatic carbocycles. The smallest absolute Gasteiger partial charge is 0.276 e. The zero-order chi connectivity index (χ0) is 17.0. The van der Waals surface area contributed by atoms with Crippen molar-refractivity contribution < 1.29 is 19.6 Å². The number of para-hydroxylation sites is 1. The quantitative estimate of drug-likeness (QED) is 0.329. The predicted octanol–water partition coefficient (Wildman–Crippen LogP) is 1.33. The molecule has 0 radical (unpaired) electrons. The molecule has 0 N–H and O–H groups in total. The van der Waals surface area contributed by atoms with Gasteiger partial charge in [-0.05, 0) is 25.0 Å². The molecule has 1 heterocycles. The van der Waals surface area contributed by atoms with Gasteiger partial charge in [0.15, 0.2) is 0 Å². The van der Waals surface area contributed by atoms with Gasteiger partial charge in [0.25, 0.3) is 11.6 Å². The highest BCUT2D eigenvalue weighted by atomic mass is 32.2. The van der Waals surface area contributed by atoms with Gasteiger partial charge in [-0.15, -0.1) is 0 Å². The van der Waals surface area contributed by atoms with E-state index in [4.69, 9.17) is 12.2 Å². The number of carboxylic acid groups (broad SMARTS) is 1. The Kier molecular flexibility index (Phi) is 5.45. The summed E-state index contributed by atoms with van der Waals surface area (Å²) in [6.07, 6.45) is 1.49. The summed E-state index contributed by atoms with van der Waals surface area (Å²) in [6, 6.07) is 6.08. The number of nitro benzene ring substituents is 1. The van der Waals surface area contributed by atoms with E-state index in [-0.39, 0.29) is 35.9 Å². The molecule has 0 aliphatic carbocycles. The van der Waals surface area contributed by atoms with Crippen LogP contribution < -0.4 is 5.11 Å². The molecule has 23 heavy (non-hydrogen) atoms. The minimum atomic E-state index is -1.19. The van der Waals surface area contributed by atoms with Gasteiger partial charge in [0.05, 0.1) is 15.4 Å². The monoisotopic (exact) mass is 351 g/mol. The summed E-state index contributed by atoms with van der Waals surface area (Å²) in [6.45, 7) is 0.173. The van der Waals surface area contributed by atoms with Crippen LogP contribution in [0.15, 0.2) is 29.2 Å². The second-order valence-corrected chi connectivity index (χ2v) is 6.30. The summed E-state index contributed by atoms with van der Waals surface area (Å²) in [5, 5.41) is 21.4. The minimum absolute atomic E-state index is 0.102. The van der Waals surface area contributed by atoms with E-state index in [0.29, 0.717) is 9.88 Å². The number of amides is 1. The fourth-order valence-corrected chi connectivity index (χ4v) is 3.29. The van der Waals surface area contributed by atoms with Crippen LogP contribution in [0.2, 0.25) is 0 Å². The SMILES string of the molecule is O=C([O-])CCCN1C(=O)/C(=C\c2ccccc2[N+](=O)[O-])SC1=S. The van der Waals surface area contributed by atoms with Gasteiger partial charge in [-0.1, -0.05) is 36.1 Å². The molecule has 0 spiro atoms. The van der Waals surface area contributed by atoms with Crippen LogP contribution in [0.4, 0.5) is 5.69 Å². The molecule has 120 valence electrons. The number of nitrogens with zero attached hydrogens (tertiary/aromatic N) is 2. The zero-order valence-electron chi connectivity index (χ0n) is 11.8. The molecule has 1 aliphatic rings. The first-order valence-corrected chi connectivity index (χ1v) is 7.81. The van der Waals surface area contributed by atoms with E-state index in [1.54, 1.807) is 18.2 Å². The maximum atomic E-state index is 12.3. The number of hydrogen-bond acceptors (Lipinski definition) is 7. The van der Waals surface area contributed by atoms with Crippen LogP contribution in [-0.2, 0) is 9.59 Å². The highest BCUT2D eigenvalue weighted by Gasteiger charge is 2.32. The van der Waals surface area contributed by atoms with Crippen molar-refractivity contribution in [2.24, 2.45) is 0 Å². The van der Waals surface area contributed by atoms with Crippen molar-refractivity contribution in [2.45, 2.75) is 12.8 Å². The minimum Gasteiger partial charge on any atom is -0.550 e. The number of rotatable bonds is 6. The Labute approximate surface area is 141 Å². The lowest BCUT2D eigenvalue weighted by molar-refractivity contribution is -0.385. The lowest BCUT2D eigenvalue weighted by Crippen LogP contribution is -2.30. The molecule has 1 saturated heterocycles. The summed E-state index contributed by atoms with van der Waals surface area (Å²) >= 11 is 6.14. The molecule has 0 unspecified atom stereocenters. The molecule has 0 aromatic heterocycles. The Morgan fingerprint density at radius 3 is 2.74 bits per heavy atom. The molecule has 1 aromatic rings. The summed E-state index contributed by atoms with van der Waals surface area (Å²) in [5.74, 6) is -1.57. The standard InChI is InChI=1S/C14H12N2O5S2/c17-12(18)6-3-7-15-13(19)11(23-14(15)22)8-9-4-1-2-5-10(9)16(20)21/h1-2,4-5,8H,3,6-7H2,(H,17,18)/p-1/b11-8+. The molecule has 1 aliphatic heterocycles. The fourth-order valence-electron chi connectivity index (χ4n) is 1.99. The van der Waals surface area contributed by atoms with Gasteiger partial charge in [0, 0.05) is 18.6 Å². The van der Waals surface area contributed by atoms with Crippen molar-refractivity contribution >= 4 is 51.9 Å². The number of carbonyl (C=O) groups is 2. The van der Waals surface area contributed by atoms with Crippen molar-refractivity contribution in [2.75, 3.05) is 6.54 Å². The predicted molar refractivity (Wildman–Crippen MR) is 87.2 cm³/mol. The third-order valence-electron chi connectivity index (χ3n) is 3.06. The molecule has 1 amide bonds. The third kappa shape index (κ3) is 4.14. The van der Waals surface area contributed by atoms with E-state index in [1.165, 1.54) is 17.0 Å². The summed E-state index contributed by atoms with van der Waals surface area (Å²) in [5.41, 5.74) is 0.211. The number of carboxylic acids is 1. The number of nitro groups is 1. The molecular formula is C14H11N2O5S2-. The average molecular weight is 351 g/mol. The van der Waals surface area contributed by atoms with Crippen molar-refractivity contribution in [3.8, 4) is 0 Å². The Hall–Kier alpha value is -2.26. The number of thioether (sulfide) groups is 1. The second-order valence-electron chi connectivity index (χ2n) is 4.62. The molecule has 1 fully saturated rings. The van der Waals surface area contributed by atoms with E-state index in [2.05, 4.69) is 0 Å². The van der Waals surface area contributed by atoms with Gasteiger partial charge in [0.2, 0.25) is 0 Å². The van der Waals surface area contributed by atoms with E-state index >= 15 is 0 Å². The Balaban J connectivity index is 2.19. The summed E-state index contributed by atoms with van der Waals surface area (Å²) < 4.78 is 0.304. The number of benzene rings is 1. The van der Waals surface area contributed by atoms with Crippen molar-refractivity contribution in [1.82, 2.24) is 4.90 Å². The summed E-state index contributed by atoms with van der Waals surface area (Å²) in [7, 11) is 0. The first-order valence-electron chi connectivity index (χ1n) is 6.59. The molecular weight excluding hydrogens is 340 g/mol. The molecule has 0 bridgehead atoms. The van der Waals surface area contributed by atoms with Crippen LogP contribution in [0.25, 0.3) is 6.08 Å². The Morgan fingerprint density at radius 1 is 1.39 bits per heavy atom. The molecule has 7 nitrogen and oxygen atoms in total. The maximum absolute atomic E-state index is 12.3. The van der Waals surface area contributed by atoms with Gasteiger partial charge in [-0.2, -0.15) is 0 Å². The number of hydrogen-bond donors (Lipinski definition) is 0. The van der Waals surface area contributed by atoms with Gasteiger partial charge in [-0.3, -0.25) is 19.8 Å². The van der Waals surface area contributed by atoms with Gasteiger partial charge >= 0.3 is 0 Å². The molecule has 9 heteroatoms. The zero-order valence-corrected chi connectivity index (χ0v) is 13.4. The molecule has 2 rings (SSSR count). The van der Waals surface area contributed by atoms with Crippen molar-refractivity contribution in [1.29, 1.82) is 0 Å².